The van der Waals surface area contributed by atoms with E-state index in [1.807, 2.05) is 43.9 Å². The molecule has 0 saturated heterocycles. The molecule has 6 heteroatoms. The minimum Gasteiger partial charge on any atom is -0.351 e. The standard InChI is InChI=1S/C22H24FN3OS/c1-13-9-10-14(2)18(11-13)26-15(3)19(21(27)25(4)5)20(24-22(26)28)16-7-6-8-17(23)12-16/h6-12,20H,1-5H3,(H,24,28)/t20-/m1/s1. The second-order valence-electron chi connectivity index (χ2n) is 7.26. The fraction of sp³-hybridized carbons (Fsp3) is 0.273. The normalized spacial score (nSPS) is 16.9. The van der Waals surface area contributed by atoms with Gasteiger partial charge < -0.3 is 10.2 Å². The van der Waals surface area contributed by atoms with E-state index in [9.17, 15) is 9.18 Å². The van der Waals surface area contributed by atoms with Gasteiger partial charge in [-0.25, -0.2) is 4.39 Å². The van der Waals surface area contributed by atoms with Crippen LogP contribution in [0, 0.1) is 19.7 Å². The Bertz CT molecular complexity index is 983. The fourth-order valence-electron chi connectivity index (χ4n) is 3.45. The summed E-state index contributed by atoms with van der Waals surface area (Å²) in [6, 6.07) is 11.9. The summed E-state index contributed by atoms with van der Waals surface area (Å²) in [6.45, 7) is 5.92. The van der Waals surface area contributed by atoms with Crippen molar-refractivity contribution < 1.29 is 9.18 Å². The van der Waals surface area contributed by atoms with Crippen LogP contribution in [0.5, 0.6) is 0 Å². The van der Waals surface area contributed by atoms with Crippen LogP contribution in [0.3, 0.4) is 0 Å². The van der Waals surface area contributed by atoms with Crippen LogP contribution in [0.25, 0.3) is 0 Å². The Morgan fingerprint density at radius 3 is 2.50 bits per heavy atom. The Balaban J connectivity index is 2.21. The van der Waals surface area contributed by atoms with Gasteiger partial charge in [0.25, 0.3) is 5.91 Å². The molecule has 0 fully saturated rings. The average molecular weight is 398 g/mol. The van der Waals surface area contributed by atoms with Crippen molar-refractivity contribution in [1.29, 1.82) is 0 Å². The molecule has 2 aromatic rings. The predicted molar refractivity (Wildman–Crippen MR) is 115 cm³/mol. The van der Waals surface area contributed by atoms with Gasteiger partial charge in [0.15, 0.2) is 5.11 Å². The largest absolute Gasteiger partial charge is 0.351 e. The van der Waals surface area contributed by atoms with E-state index in [1.54, 1.807) is 26.2 Å². The molecular formula is C22H24FN3OS. The van der Waals surface area contributed by atoms with Crippen molar-refractivity contribution in [2.45, 2.75) is 26.8 Å². The topological polar surface area (TPSA) is 35.6 Å². The van der Waals surface area contributed by atoms with Gasteiger partial charge in [-0.3, -0.25) is 9.69 Å². The zero-order chi connectivity index (χ0) is 20.6. The molecule has 3 rings (SSSR count). The van der Waals surface area contributed by atoms with Crippen molar-refractivity contribution in [1.82, 2.24) is 10.2 Å². The number of halogens is 1. The molecule has 146 valence electrons. The number of nitrogens with one attached hydrogen (secondary N) is 1. The predicted octanol–water partition coefficient (Wildman–Crippen LogP) is 4.24. The van der Waals surface area contributed by atoms with E-state index in [4.69, 9.17) is 12.2 Å². The SMILES string of the molecule is CC1=C(C(=O)N(C)C)[C@@H](c2cccc(F)c2)NC(=S)N1c1cc(C)ccc1C. The molecule has 2 aromatic carbocycles. The Hall–Kier alpha value is -2.73. The number of hydrogen-bond donors (Lipinski definition) is 1. The lowest BCUT2D eigenvalue weighted by Crippen LogP contribution is -2.49. The van der Waals surface area contributed by atoms with Gasteiger partial charge in [-0.15, -0.1) is 0 Å². The maximum atomic E-state index is 13.9. The van der Waals surface area contributed by atoms with E-state index < -0.39 is 6.04 Å². The van der Waals surface area contributed by atoms with Crippen LogP contribution >= 0.6 is 12.2 Å². The summed E-state index contributed by atoms with van der Waals surface area (Å²) < 4.78 is 13.9. The van der Waals surface area contributed by atoms with Crippen LogP contribution in [-0.4, -0.2) is 30.0 Å². The number of benzene rings is 2. The minimum absolute atomic E-state index is 0.142. The van der Waals surface area contributed by atoms with Gasteiger partial charge >= 0.3 is 0 Å². The molecule has 0 aromatic heterocycles. The van der Waals surface area contributed by atoms with Crippen molar-refractivity contribution in [3.63, 3.8) is 0 Å². The Labute approximate surface area is 170 Å². The van der Waals surface area contributed by atoms with Crippen molar-refractivity contribution >= 4 is 28.9 Å². The third-order valence-corrected chi connectivity index (χ3v) is 5.21. The number of likely N-dealkylation sites (N-methyl/N-ethyl adjacent to an activating group) is 1. The average Bonchev–Trinajstić information content (AvgIpc) is 2.63. The lowest BCUT2D eigenvalue weighted by Gasteiger charge is -2.39. The molecule has 1 N–H and O–H groups in total. The molecule has 1 amide bonds. The van der Waals surface area contributed by atoms with E-state index in [0.717, 1.165) is 22.5 Å². The summed E-state index contributed by atoms with van der Waals surface area (Å²) in [5, 5.41) is 3.74. The summed E-state index contributed by atoms with van der Waals surface area (Å²) in [5.41, 5.74) is 5.03. The van der Waals surface area contributed by atoms with Crippen molar-refractivity contribution in [2.75, 3.05) is 19.0 Å². The molecule has 0 saturated carbocycles. The molecule has 0 bridgehead atoms. The number of amides is 1. The zero-order valence-electron chi connectivity index (χ0n) is 16.7. The van der Waals surface area contributed by atoms with Crippen LogP contribution in [0.15, 0.2) is 53.7 Å². The van der Waals surface area contributed by atoms with Gasteiger partial charge in [-0.05, 0) is 67.9 Å². The monoisotopic (exact) mass is 397 g/mol. The number of carbonyl (C=O) groups is 1. The molecule has 4 nitrogen and oxygen atoms in total. The molecule has 1 aliphatic rings. The highest BCUT2D eigenvalue weighted by atomic mass is 32.1. The quantitative estimate of drug-likeness (QED) is 0.786. The molecular weight excluding hydrogens is 373 g/mol. The van der Waals surface area contributed by atoms with E-state index in [-0.39, 0.29) is 11.7 Å². The molecule has 0 spiro atoms. The summed E-state index contributed by atoms with van der Waals surface area (Å²) in [6.07, 6.45) is 0. The third kappa shape index (κ3) is 3.64. The Kier molecular flexibility index (Phi) is 5.52. The maximum Gasteiger partial charge on any atom is 0.253 e. The maximum absolute atomic E-state index is 13.9. The number of rotatable bonds is 3. The molecule has 0 radical (unpaired) electrons. The smallest absolute Gasteiger partial charge is 0.253 e. The minimum atomic E-state index is -0.514. The second kappa shape index (κ2) is 7.72. The van der Waals surface area contributed by atoms with Crippen molar-refractivity contribution in [2.24, 2.45) is 0 Å². The number of carbonyl (C=O) groups excluding carboxylic acids is 1. The van der Waals surface area contributed by atoms with Gasteiger partial charge in [0.2, 0.25) is 0 Å². The van der Waals surface area contributed by atoms with E-state index >= 15 is 0 Å². The molecule has 0 unspecified atom stereocenters. The van der Waals surface area contributed by atoms with Crippen LogP contribution < -0.4 is 10.2 Å². The Morgan fingerprint density at radius 2 is 1.86 bits per heavy atom. The first kappa shape index (κ1) is 20.0. The van der Waals surface area contributed by atoms with Gasteiger partial charge in [-0.2, -0.15) is 0 Å². The first-order valence-electron chi connectivity index (χ1n) is 9.06. The van der Waals surface area contributed by atoms with Crippen LogP contribution in [0.2, 0.25) is 0 Å². The number of allylic oxidation sites excluding steroid dienone is 1. The second-order valence-corrected chi connectivity index (χ2v) is 7.65. The van der Waals surface area contributed by atoms with Gasteiger partial charge in [0.1, 0.15) is 5.82 Å². The molecule has 0 aliphatic carbocycles. The highest BCUT2D eigenvalue weighted by molar-refractivity contribution is 7.80. The highest BCUT2D eigenvalue weighted by Gasteiger charge is 2.35. The van der Waals surface area contributed by atoms with Crippen molar-refractivity contribution in [3.8, 4) is 0 Å². The van der Waals surface area contributed by atoms with E-state index in [1.165, 1.54) is 17.0 Å². The molecule has 1 aliphatic heterocycles. The fourth-order valence-corrected chi connectivity index (χ4v) is 3.80. The first-order chi connectivity index (χ1) is 13.2. The van der Waals surface area contributed by atoms with Gasteiger partial charge in [0.05, 0.1) is 17.3 Å². The lowest BCUT2D eigenvalue weighted by atomic mass is 9.93. The van der Waals surface area contributed by atoms with E-state index in [0.29, 0.717) is 16.2 Å². The van der Waals surface area contributed by atoms with Crippen molar-refractivity contribution in [3.05, 3.63) is 76.2 Å². The lowest BCUT2D eigenvalue weighted by molar-refractivity contribution is -0.125. The third-order valence-electron chi connectivity index (χ3n) is 4.91. The Morgan fingerprint density at radius 1 is 1.14 bits per heavy atom. The van der Waals surface area contributed by atoms with Crippen LogP contribution in [-0.2, 0) is 4.79 Å². The van der Waals surface area contributed by atoms with Gasteiger partial charge in [-0.1, -0.05) is 24.3 Å². The first-order valence-corrected chi connectivity index (χ1v) is 9.47. The molecule has 1 heterocycles. The highest BCUT2D eigenvalue weighted by Crippen LogP contribution is 2.36. The molecule has 1 atom stereocenters. The number of aryl methyl sites for hydroxylation is 2. The number of nitrogens with zero attached hydrogens (tertiary/aromatic N) is 2. The number of anilines is 1. The van der Waals surface area contributed by atoms with Crippen LogP contribution in [0.4, 0.5) is 10.1 Å². The van der Waals surface area contributed by atoms with Crippen LogP contribution in [0.1, 0.15) is 29.7 Å². The summed E-state index contributed by atoms with van der Waals surface area (Å²) in [5.74, 6) is -0.492. The number of thiocarbonyl (C=S) groups is 1. The summed E-state index contributed by atoms with van der Waals surface area (Å²) in [4.78, 5) is 16.5. The van der Waals surface area contributed by atoms with E-state index in [2.05, 4.69) is 5.32 Å². The zero-order valence-corrected chi connectivity index (χ0v) is 17.5. The number of hydrogen-bond acceptors (Lipinski definition) is 2. The summed E-state index contributed by atoms with van der Waals surface area (Å²) >= 11 is 5.67. The van der Waals surface area contributed by atoms with Gasteiger partial charge in [0, 0.05) is 19.8 Å². The molecule has 28 heavy (non-hydrogen) atoms. The summed E-state index contributed by atoms with van der Waals surface area (Å²) in [7, 11) is 3.42.